The highest BCUT2D eigenvalue weighted by Crippen LogP contribution is 2.17. The molecule has 0 saturated carbocycles. The number of H-pyrrole nitrogens is 1. The van der Waals surface area contributed by atoms with Gasteiger partial charge in [-0.3, -0.25) is 0 Å². The van der Waals surface area contributed by atoms with Gasteiger partial charge in [-0.1, -0.05) is 54.6 Å². The number of rotatable bonds is 5. The number of imidazole rings is 1. The molecular formula is C19H16N2O2. The zero-order chi connectivity index (χ0) is 16.1. The fraction of sp³-hybridized carbons (Fsp3) is 0.0526. The van der Waals surface area contributed by atoms with Crippen molar-refractivity contribution in [3.05, 3.63) is 83.8 Å². The number of aliphatic carboxylic acids is 1. The normalized spacial score (nSPS) is 11.0. The monoisotopic (exact) mass is 304 g/mol. The van der Waals surface area contributed by atoms with E-state index >= 15 is 0 Å². The summed E-state index contributed by atoms with van der Waals surface area (Å²) in [5.74, 6) is -0.0456. The number of aromatic amines is 1. The molecule has 0 aliphatic rings. The zero-order valence-corrected chi connectivity index (χ0v) is 12.4. The maximum Gasteiger partial charge on any atom is 0.328 e. The molecule has 2 aromatic carbocycles. The van der Waals surface area contributed by atoms with E-state index in [0.29, 0.717) is 6.42 Å². The first-order valence-electron chi connectivity index (χ1n) is 7.30. The van der Waals surface area contributed by atoms with Gasteiger partial charge < -0.3 is 10.1 Å². The van der Waals surface area contributed by atoms with Crippen LogP contribution in [0.1, 0.15) is 17.0 Å². The Morgan fingerprint density at radius 1 is 1.09 bits per heavy atom. The van der Waals surface area contributed by atoms with Crippen LogP contribution in [0.2, 0.25) is 0 Å². The lowest BCUT2D eigenvalue weighted by Gasteiger charge is -2.00. The smallest absolute Gasteiger partial charge is 0.328 e. The summed E-state index contributed by atoms with van der Waals surface area (Å²) in [4.78, 5) is 18.3. The molecule has 4 nitrogen and oxygen atoms in total. The third kappa shape index (κ3) is 3.95. The van der Waals surface area contributed by atoms with Gasteiger partial charge in [0.1, 0.15) is 5.82 Å². The van der Waals surface area contributed by atoms with E-state index in [1.807, 2.05) is 60.8 Å². The lowest BCUT2D eigenvalue weighted by molar-refractivity contribution is -0.131. The molecule has 0 spiro atoms. The van der Waals surface area contributed by atoms with Crippen LogP contribution in [0.15, 0.2) is 66.9 Å². The standard InChI is InChI=1S/C19H16N2O2/c22-19(23)11-10-14-6-8-15(9-7-14)12-18-20-13-17(21-18)16-4-2-1-3-5-16/h1-11,13H,12H2,(H,20,21)(H,22,23). The van der Waals surface area contributed by atoms with Gasteiger partial charge in [0.05, 0.1) is 11.9 Å². The minimum Gasteiger partial charge on any atom is -0.478 e. The van der Waals surface area contributed by atoms with Crippen molar-refractivity contribution in [2.24, 2.45) is 0 Å². The topological polar surface area (TPSA) is 66.0 Å². The molecular weight excluding hydrogens is 288 g/mol. The lowest BCUT2D eigenvalue weighted by atomic mass is 10.1. The van der Waals surface area contributed by atoms with Crippen LogP contribution in [0.3, 0.4) is 0 Å². The fourth-order valence-corrected chi connectivity index (χ4v) is 2.32. The van der Waals surface area contributed by atoms with E-state index in [-0.39, 0.29) is 0 Å². The van der Waals surface area contributed by atoms with Crippen LogP contribution >= 0.6 is 0 Å². The molecule has 23 heavy (non-hydrogen) atoms. The number of benzene rings is 2. The molecule has 2 N–H and O–H groups in total. The fourth-order valence-electron chi connectivity index (χ4n) is 2.32. The quantitative estimate of drug-likeness (QED) is 0.705. The van der Waals surface area contributed by atoms with Crippen LogP contribution in [-0.2, 0) is 11.2 Å². The average molecular weight is 304 g/mol. The maximum absolute atomic E-state index is 10.5. The predicted molar refractivity (Wildman–Crippen MR) is 89.9 cm³/mol. The first kappa shape index (κ1) is 14.8. The molecule has 0 aliphatic heterocycles. The van der Waals surface area contributed by atoms with Crippen molar-refractivity contribution < 1.29 is 9.90 Å². The van der Waals surface area contributed by atoms with Crippen LogP contribution in [-0.4, -0.2) is 21.0 Å². The summed E-state index contributed by atoms with van der Waals surface area (Å²) >= 11 is 0. The average Bonchev–Trinajstić information content (AvgIpc) is 3.03. The summed E-state index contributed by atoms with van der Waals surface area (Å²) in [6.45, 7) is 0. The van der Waals surface area contributed by atoms with Crippen molar-refractivity contribution in [1.82, 2.24) is 9.97 Å². The number of carboxylic acid groups (broad SMARTS) is 1. The second kappa shape index (κ2) is 6.75. The van der Waals surface area contributed by atoms with Gasteiger partial charge in [-0.25, -0.2) is 9.78 Å². The number of aromatic nitrogens is 2. The SMILES string of the molecule is O=C(O)C=Cc1ccc(Cc2ncc(-c3ccccc3)[nH]2)cc1. The summed E-state index contributed by atoms with van der Waals surface area (Å²) in [7, 11) is 0. The van der Waals surface area contributed by atoms with Gasteiger partial charge in [-0.05, 0) is 22.8 Å². The van der Waals surface area contributed by atoms with E-state index in [9.17, 15) is 4.79 Å². The molecule has 0 radical (unpaired) electrons. The van der Waals surface area contributed by atoms with Gasteiger partial charge >= 0.3 is 5.97 Å². The highest BCUT2D eigenvalue weighted by molar-refractivity contribution is 5.85. The van der Waals surface area contributed by atoms with Crippen molar-refractivity contribution in [2.75, 3.05) is 0 Å². The Labute approximate surface area is 134 Å². The van der Waals surface area contributed by atoms with Gasteiger partial charge in [0.15, 0.2) is 0 Å². The minimum atomic E-state index is -0.946. The van der Waals surface area contributed by atoms with E-state index in [1.54, 1.807) is 6.08 Å². The van der Waals surface area contributed by atoms with Gasteiger partial charge in [0, 0.05) is 12.5 Å². The lowest BCUT2D eigenvalue weighted by Crippen LogP contribution is -1.91. The molecule has 1 heterocycles. The zero-order valence-electron chi connectivity index (χ0n) is 12.4. The number of nitrogens with zero attached hydrogens (tertiary/aromatic N) is 1. The summed E-state index contributed by atoms with van der Waals surface area (Å²) in [6.07, 6.45) is 5.25. The highest BCUT2D eigenvalue weighted by atomic mass is 16.4. The molecule has 114 valence electrons. The second-order valence-corrected chi connectivity index (χ2v) is 5.20. The highest BCUT2D eigenvalue weighted by Gasteiger charge is 2.04. The van der Waals surface area contributed by atoms with Crippen molar-refractivity contribution >= 4 is 12.0 Å². The van der Waals surface area contributed by atoms with E-state index in [0.717, 1.165) is 34.3 Å². The molecule has 0 amide bonds. The largest absolute Gasteiger partial charge is 0.478 e. The van der Waals surface area contributed by atoms with Crippen LogP contribution in [0, 0.1) is 0 Å². The second-order valence-electron chi connectivity index (χ2n) is 5.20. The molecule has 0 unspecified atom stereocenters. The molecule has 0 aliphatic carbocycles. The van der Waals surface area contributed by atoms with Crippen LogP contribution < -0.4 is 0 Å². The van der Waals surface area contributed by atoms with Crippen molar-refractivity contribution in [3.8, 4) is 11.3 Å². The third-order valence-electron chi connectivity index (χ3n) is 3.48. The van der Waals surface area contributed by atoms with E-state index < -0.39 is 5.97 Å². The van der Waals surface area contributed by atoms with Gasteiger partial charge in [0.25, 0.3) is 0 Å². The third-order valence-corrected chi connectivity index (χ3v) is 3.48. The Hall–Kier alpha value is -3.14. The Morgan fingerprint density at radius 3 is 2.52 bits per heavy atom. The Morgan fingerprint density at radius 2 is 1.83 bits per heavy atom. The number of carbonyl (C=O) groups is 1. The molecule has 3 aromatic rings. The number of nitrogens with one attached hydrogen (secondary N) is 1. The van der Waals surface area contributed by atoms with Gasteiger partial charge in [-0.2, -0.15) is 0 Å². The molecule has 0 bridgehead atoms. The number of carboxylic acids is 1. The maximum atomic E-state index is 10.5. The molecule has 4 heteroatoms. The van der Waals surface area contributed by atoms with Crippen LogP contribution in [0.5, 0.6) is 0 Å². The Balaban J connectivity index is 1.70. The minimum absolute atomic E-state index is 0.704. The number of hydrogen-bond acceptors (Lipinski definition) is 2. The summed E-state index contributed by atoms with van der Waals surface area (Å²) in [6, 6.07) is 17.8. The Bertz CT molecular complexity index is 818. The predicted octanol–water partition coefficient (Wildman–Crippen LogP) is 3.77. The van der Waals surface area contributed by atoms with Crippen LogP contribution in [0.4, 0.5) is 0 Å². The molecule has 0 fully saturated rings. The van der Waals surface area contributed by atoms with Crippen molar-refractivity contribution in [3.63, 3.8) is 0 Å². The molecule has 0 saturated heterocycles. The van der Waals surface area contributed by atoms with E-state index in [2.05, 4.69) is 9.97 Å². The Kier molecular flexibility index (Phi) is 4.34. The first-order valence-corrected chi connectivity index (χ1v) is 7.30. The summed E-state index contributed by atoms with van der Waals surface area (Å²) in [5.41, 5.74) is 4.09. The van der Waals surface area contributed by atoms with Gasteiger partial charge in [-0.15, -0.1) is 0 Å². The van der Waals surface area contributed by atoms with Gasteiger partial charge in [0.2, 0.25) is 0 Å². The number of hydrogen-bond donors (Lipinski definition) is 2. The molecule has 3 rings (SSSR count). The van der Waals surface area contributed by atoms with Crippen molar-refractivity contribution in [1.29, 1.82) is 0 Å². The van der Waals surface area contributed by atoms with E-state index in [1.165, 1.54) is 0 Å². The molecule has 0 atom stereocenters. The first-order chi connectivity index (χ1) is 11.2. The molecule has 1 aromatic heterocycles. The summed E-state index contributed by atoms with van der Waals surface area (Å²) < 4.78 is 0. The van der Waals surface area contributed by atoms with Crippen molar-refractivity contribution in [2.45, 2.75) is 6.42 Å². The van der Waals surface area contributed by atoms with Crippen LogP contribution in [0.25, 0.3) is 17.3 Å². The van der Waals surface area contributed by atoms with E-state index in [4.69, 9.17) is 5.11 Å². The summed E-state index contributed by atoms with van der Waals surface area (Å²) in [5, 5.41) is 8.62.